The lowest BCUT2D eigenvalue weighted by molar-refractivity contribution is 0.416. The maximum Gasteiger partial charge on any atom is 0.148 e. The van der Waals surface area contributed by atoms with Gasteiger partial charge in [-0.05, 0) is 46.4 Å². The number of para-hydroxylation sites is 1. The second kappa shape index (κ2) is 7.73. The normalized spacial score (nSPS) is 14.5. The molecule has 2 nitrogen and oxygen atoms in total. The van der Waals surface area contributed by atoms with E-state index in [2.05, 4.69) is 129 Å². The molecule has 0 atom stereocenters. The zero-order valence-corrected chi connectivity index (χ0v) is 21.0. The van der Waals surface area contributed by atoms with Crippen LogP contribution in [0.1, 0.15) is 54.9 Å². The Morgan fingerprint density at radius 1 is 0.694 bits per heavy atom. The minimum absolute atomic E-state index is 0.247. The van der Waals surface area contributed by atoms with Crippen LogP contribution in [0.2, 0.25) is 0 Å². The van der Waals surface area contributed by atoms with E-state index in [9.17, 15) is 0 Å². The molecule has 0 fully saturated rings. The van der Waals surface area contributed by atoms with Gasteiger partial charge in [-0.2, -0.15) is 0 Å². The molecule has 1 aliphatic heterocycles. The average Bonchev–Trinajstić information content (AvgIpc) is 3.46. The van der Waals surface area contributed by atoms with E-state index < -0.39 is 5.41 Å². The van der Waals surface area contributed by atoms with Gasteiger partial charge in [0.15, 0.2) is 0 Å². The molecule has 1 aliphatic carbocycles. The van der Waals surface area contributed by atoms with E-state index in [-0.39, 0.29) is 5.92 Å². The molecule has 0 unspecified atom stereocenters. The van der Waals surface area contributed by atoms with Crippen LogP contribution in [0.4, 0.5) is 11.4 Å². The van der Waals surface area contributed by atoms with E-state index in [0.29, 0.717) is 0 Å². The molecule has 2 heterocycles. The van der Waals surface area contributed by atoms with Crippen LogP contribution in [0.3, 0.4) is 0 Å². The summed E-state index contributed by atoms with van der Waals surface area (Å²) >= 11 is 0. The van der Waals surface area contributed by atoms with Gasteiger partial charge < -0.3 is 9.32 Å². The van der Waals surface area contributed by atoms with Crippen molar-refractivity contribution in [3.63, 3.8) is 0 Å². The Bertz CT molecular complexity index is 1560. The van der Waals surface area contributed by atoms with Gasteiger partial charge in [0.05, 0.1) is 5.69 Å². The number of rotatable bonds is 3. The highest BCUT2D eigenvalue weighted by atomic mass is 16.3. The average molecular weight is 468 g/mol. The number of benzene rings is 4. The molecule has 0 bridgehead atoms. The van der Waals surface area contributed by atoms with Crippen LogP contribution in [-0.4, -0.2) is 6.54 Å². The van der Waals surface area contributed by atoms with Gasteiger partial charge in [0.25, 0.3) is 0 Å². The SMILES string of the molecule is CCN1c2ccccc2C2(c3ccccc3-c3ccccc32)c2oc(C(C)C)c(-c3ccccc3)c21. The van der Waals surface area contributed by atoms with Gasteiger partial charge in [-0.25, -0.2) is 0 Å². The summed E-state index contributed by atoms with van der Waals surface area (Å²) in [7, 11) is 0. The van der Waals surface area contributed by atoms with Crippen LogP contribution >= 0.6 is 0 Å². The Labute approximate surface area is 212 Å². The summed E-state index contributed by atoms with van der Waals surface area (Å²) in [6, 6.07) is 37.5. The second-order valence-corrected chi connectivity index (χ2v) is 10.1. The fourth-order valence-corrected chi connectivity index (χ4v) is 6.61. The Kier molecular flexibility index (Phi) is 4.56. The lowest BCUT2D eigenvalue weighted by Gasteiger charge is -2.42. The zero-order chi connectivity index (χ0) is 24.4. The Hall–Kier alpha value is -4.04. The zero-order valence-electron chi connectivity index (χ0n) is 21.0. The number of fused-ring (bicyclic) bond motifs is 9. The van der Waals surface area contributed by atoms with Gasteiger partial charge >= 0.3 is 0 Å². The molecule has 36 heavy (non-hydrogen) atoms. The van der Waals surface area contributed by atoms with Gasteiger partial charge in [0.1, 0.15) is 16.9 Å². The van der Waals surface area contributed by atoms with Crippen LogP contribution in [0, 0.1) is 0 Å². The molecular formula is C34H29NO. The molecule has 0 amide bonds. The third kappa shape index (κ3) is 2.57. The quantitative estimate of drug-likeness (QED) is 0.258. The topological polar surface area (TPSA) is 16.4 Å². The standard InChI is InChI=1S/C34H29NO/c1-4-35-29-21-13-12-20-28(29)34(26-18-10-8-16-24(26)25-17-9-11-19-27(25)34)33-31(35)30(32(36-33)22(2)3)23-14-6-5-7-15-23/h5-22H,4H2,1-3H3. The lowest BCUT2D eigenvalue weighted by Crippen LogP contribution is -2.37. The van der Waals surface area contributed by atoms with E-state index in [4.69, 9.17) is 4.42 Å². The summed E-state index contributed by atoms with van der Waals surface area (Å²) in [5, 5.41) is 0. The van der Waals surface area contributed by atoms with Crippen molar-refractivity contribution in [3.05, 3.63) is 131 Å². The van der Waals surface area contributed by atoms with Crippen molar-refractivity contribution in [1.82, 2.24) is 0 Å². The predicted octanol–water partition coefficient (Wildman–Crippen LogP) is 8.90. The molecule has 5 aromatic rings. The minimum Gasteiger partial charge on any atom is -0.461 e. The van der Waals surface area contributed by atoms with Crippen molar-refractivity contribution < 1.29 is 4.42 Å². The first-order chi connectivity index (χ1) is 17.7. The molecular weight excluding hydrogens is 438 g/mol. The summed E-state index contributed by atoms with van der Waals surface area (Å²) in [4.78, 5) is 2.47. The summed E-state index contributed by atoms with van der Waals surface area (Å²) in [5.74, 6) is 2.35. The van der Waals surface area contributed by atoms with Crippen molar-refractivity contribution in [3.8, 4) is 22.3 Å². The molecule has 1 spiro atoms. The number of hydrogen-bond donors (Lipinski definition) is 0. The van der Waals surface area contributed by atoms with Crippen molar-refractivity contribution in [1.29, 1.82) is 0 Å². The largest absolute Gasteiger partial charge is 0.461 e. The summed E-state index contributed by atoms with van der Waals surface area (Å²) in [6.07, 6.45) is 0. The number of anilines is 2. The molecule has 0 N–H and O–H groups in total. The molecule has 0 radical (unpaired) electrons. The minimum atomic E-state index is -0.499. The Balaban J connectivity index is 1.71. The number of nitrogens with zero attached hydrogens (tertiary/aromatic N) is 1. The smallest absolute Gasteiger partial charge is 0.148 e. The van der Waals surface area contributed by atoms with Gasteiger partial charge in [0, 0.05) is 23.7 Å². The number of hydrogen-bond acceptors (Lipinski definition) is 2. The molecule has 176 valence electrons. The highest BCUT2D eigenvalue weighted by molar-refractivity contribution is 5.97. The van der Waals surface area contributed by atoms with E-state index in [1.165, 1.54) is 50.3 Å². The van der Waals surface area contributed by atoms with Gasteiger partial charge in [0.2, 0.25) is 0 Å². The van der Waals surface area contributed by atoms with Gasteiger partial charge in [-0.1, -0.05) is 111 Å². The maximum atomic E-state index is 7.15. The summed E-state index contributed by atoms with van der Waals surface area (Å²) in [5.41, 5.74) is 10.9. The van der Waals surface area contributed by atoms with Gasteiger partial charge in [-0.3, -0.25) is 0 Å². The highest BCUT2D eigenvalue weighted by Gasteiger charge is 2.55. The first kappa shape index (κ1) is 21.3. The van der Waals surface area contributed by atoms with Crippen LogP contribution in [-0.2, 0) is 5.41 Å². The fraction of sp³-hybridized carbons (Fsp3) is 0.176. The van der Waals surface area contributed by atoms with E-state index in [1.54, 1.807) is 0 Å². The van der Waals surface area contributed by atoms with Crippen molar-refractivity contribution in [2.24, 2.45) is 0 Å². The first-order valence-corrected chi connectivity index (χ1v) is 13.0. The van der Waals surface area contributed by atoms with Crippen LogP contribution in [0.15, 0.2) is 108 Å². The third-order valence-electron chi connectivity index (χ3n) is 7.98. The Morgan fingerprint density at radius 2 is 1.25 bits per heavy atom. The van der Waals surface area contributed by atoms with Crippen LogP contribution in [0.25, 0.3) is 22.3 Å². The van der Waals surface area contributed by atoms with Crippen molar-refractivity contribution >= 4 is 11.4 Å². The van der Waals surface area contributed by atoms with E-state index >= 15 is 0 Å². The van der Waals surface area contributed by atoms with Crippen LogP contribution in [0.5, 0.6) is 0 Å². The fourth-order valence-electron chi connectivity index (χ4n) is 6.61. The molecule has 0 saturated heterocycles. The molecule has 2 heteroatoms. The van der Waals surface area contributed by atoms with E-state index in [1.807, 2.05) is 0 Å². The summed E-state index contributed by atoms with van der Waals surface area (Å²) in [6.45, 7) is 7.58. The van der Waals surface area contributed by atoms with Gasteiger partial charge in [-0.15, -0.1) is 0 Å². The lowest BCUT2D eigenvalue weighted by atomic mass is 9.67. The molecule has 0 saturated carbocycles. The van der Waals surface area contributed by atoms with Crippen LogP contribution < -0.4 is 4.90 Å². The van der Waals surface area contributed by atoms with Crippen molar-refractivity contribution in [2.45, 2.75) is 32.1 Å². The summed E-state index contributed by atoms with van der Waals surface area (Å²) < 4.78 is 7.15. The number of furan rings is 1. The molecule has 7 rings (SSSR count). The monoisotopic (exact) mass is 467 g/mol. The Morgan fingerprint density at radius 3 is 1.86 bits per heavy atom. The predicted molar refractivity (Wildman–Crippen MR) is 148 cm³/mol. The first-order valence-electron chi connectivity index (χ1n) is 13.0. The molecule has 1 aromatic heterocycles. The highest BCUT2D eigenvalue weighted by Crippen LogP contribution is 2.64. The molecule has 2 aliphatic rings. The van der Waals surface area contributed by atoms with E-state index in [0.717, 1.165) is 18.1 Å². The second-order valence-electron chi connectivity index (χ2n) is 10.1. The maximum absolute atomic E-state index is 7.15. The van der Waals surface area contributed by atoms with Crippen molar-refractivity contribution in [2.75, 3.05) is 11.4 Å². The molecule has 4 aromatic carbocycles. The third-order valence-corrected chi connectivity index (χ3v) is 7.98.